The van der Waals surface area contributed by atoms with Gasteiger partial charge in [0, 0.05) is 6.07 Å². The third-order valence-electron chi connectivity index (χ3n) is 1.72. The van der Waals surface area contributed by atoms with E-state index < -0.39 is 11.8 Å². The maximum atomic E-state index is 13.2. The topological polar surface area (TPSA) is 70.3 Å². The van der Waals surface area contributed by atoms with Crippen molar-refractivity contribution in [3.63, 3.8) is 0 Å². The molecule has 0 heterocycles. The molecule has 0 aliphatic carbocycles. The van der Waals surface area contributed by atoms with Crippen LogP contribution in [0.5, 0.6) is 5.75 Å². The van der Waals surface area contributed by atoms with Gasteiger partial charge in [-0.15, -0.1) is 0 Å². The predicted octanol–water partition coefficient (Wildman–Crippen LogP) is 1.79. The molecule has 5 heteroatoms. The average molecular weight is 209 g/mol. The van der Waals surface area contributed by atoms with Crippen LogP contribution in [0.1, 0.15) is 22.8 Å². The molecule has 0 saturated carbocycles. The number of carboxylic acids is 1. The second-order valence-electron chi connectivity index (χ2n) is 2.68. The first-order valence-corrected chi connectivity index (χ1v) is 4.19. The van der Waals surface area contributed by atoms with E-state index in [2.05, 4.69) is 0 Å². The zero-order valence-electron chi connectivity index (χ0n) is 7.95. The SMILES string of the molecule is CCOc1cc(C#N)c(C(=O)O)cc1F. The summed E-state index contributed by atoms with van der Waals surface area (Å²) in [5, 5.41) is 17.3. The molecule has 0 aliphatic rings. The number of carboxylic acid groups (broad SMARTS) is 1. The highest BCUT2D eigenvalue weighted by Crippen LogP contribution is 2.22. The second kappa shape index (κ2) is 4.42. The fraction of sp³-hybridized carbons (Fsp3) is 0.200. The Bertz CT molecular complexity index is 437. The Morgan fingerprint density at radius 2 is 2.33 bits per heavy atom. The lowest BCUT2D eigenvalue weighted by Crippen LogP contribution is -2.03. The molecule has 0 aliphatic heterocycles. The highest BCUT2D eigenvalue weighted by Gasteiger charge is 2.15. The van der Waals surface area contributed by atoms with E-state index in [4.69, 9.17) is 15.1 Å². The summed E-state index contributed by atoms with van der Waals surface area (Å²) in [6.07, 6.45) is 0. The molecule has 0 aromatic heterocycles. The number of nitrogens with zero attached hydrogens (tertiary/aromatic N) is 1. The van der Waals surface area contributed by atoms with Crippen LogP contribution in [0.15, 0.2) is 12.1 Å². The largest absolute Gasteiger partial charge is 0.491 e. The van der Waals surface area contributed by atoms with Crippen molar-refractivity contribution >= 4 is 5.97 Å². The molecule has 78 valence electrons. The number of carbonyl (C=O) groups is 1. The Balaban J connectivity index is 3.30. The zero-order valence-corrected chi connectivity index (χ0v) is 7.95. The molecule has 0 spiro atoms. The monoisotopic (exact) mass is 209 g/mol. The van der Waals surface area contributed by atoms with E-state index in [0.717, 1.165) is 12.1 Å². The van der Waals surface area contributed by atoms with Crippen LogP contribution in [-0.2, 0) is 0 Å². The molecular weight excluding hydrogens is 201 g/mol. The second-order valence-corrected chi connectivity index (χ2v) is 2.68. The van der Waals surface area contributed by atoms with Crippen LogP contribution < -0.4 is 4.74 Å². The fourth-order valence-electron chi connectivity index (χ4n) is 1.09. The van der Waals surface area contributed by atoms with Crippen molar-refractivity contribution in [2.75, 3.05) is 6.61 Å². The lowest BCUT2D eigenvalue weighted by Gasteiger charge is -2.06. The van der Waals surface area contributed by atoms with Crippen molar-refractivity contribution in [2.45, 2.75) is 6.92 Å². The van der Waals surface area contributed by atoms with Gasteiger partial charge in [-0.05, 0) is 13.0 Å². The highest BCUT2D eigenvalue weighted by molar-refractivity contribution is 5.90. The molecule has 0 saturated heterocycles. The van der Waals surface area contributed by atoms with Gasteiger partial charge in [0.25, 0.3) is 0 Å². The summed E-state index contributed by atoms with van der Waals surface area (Å²) in [6, 6.07) is 3.54. The molecule has 1 rings (SSSR count). The molecule has 0 bridgehead atoms. The quantitative estimate of drug-likeness (QED) is 0.823. The molecule has 0 amide bonds. The van der Waals surface area contributed by atoms with E-state index in [9.17, 15) is 9.18 Å². The number of ether oxygens (including phenoxy) is 1. The van der Waals surface area contributed by atoms with Crippen LogP contribution in [0.4, 0.5) is 4.39 Å². The molecule has 4 nitrogen and oxygen atoms in total. The van der Waals surface area contributed by atoms with Crippen LogP contribution in [0.2, 0.25) is 0 Å². The van der Waals surface area contributed by atoms with Gasteiger partial charge in [-0.3, -0.25) is 0 Å². The van der Waals surface area contributed by atoms with E-state index in [1.54, 1.807) is 13.0 Å². The Morgan fingerprint density at radius 3 is 2.80 bits per heavy atom. The summed E-state index contributed by atoms with van der Waals surface area (Å²) in [7, 11) is 0. The highest BCUT2D eigenvalue weighted by atomic mass is 19.1. The first-order valence-electron chi connectivity index (χ1n) is 4.19. The van der Waals surface area contributed by atoms with Gasteiger partial charge in [0.1, 0.15) is 6.07 Å². The average Bonchev–Trinajstić information content (AvgIpc) is 2.20. The molecule has 15 heavy (non-hydrogen) atoms. The van der Waals surface area contributed by atoms with Crippen molar-refractivity contribution in [3.05, 3.63) is 29.1 Å². The van der Waals surface area contributed by atoms with Crippen molar-refractivity contribution < 1.29 is 19.0 Å². The molecule has 0 atom stereocenters. The number of benzene rings is 1. The molecule has 1 N–H and O–H groups in total. The summed E-state index contributed by atoms with van der Waals surface area (Å²) in [6.45, 7) is 1.91. The lowest BCUT2D eigenvalue weighted by molar-refractivity contribution is 0.0696. The first kappa shape index (κ1) is 11.0. The number of halogens is 1. The number of aromatic carboxylic acids is 1. The van der Waals surface area contributed by atoms with Crippen LogP contribution in [0.3, 0.4) is 0 Å². The lowest BCUT2D eigenvalue weighted by atomic mass is 10.1. The number of hydrogen-bond donors (Lipinski definition) is 1. The maximum absolute atomic E-state index is 13.2. The van der Waals surface area contributed by atoms with Crippen molar-refractivity contribution in [2.24, 2.45) is 0 Å². The van der Waals surface area contributed by atoms with Crippen LogP contribution in [0, 0.1) is 17.1 Å². The third-order valence-corrected chi connectivity index (χ3v) is 1.72. The van der Waals surface area contributed by atoms with Crippen molar-refractivity contribution in [3.8, 4) is 11.8 Å². The van der Waals surface area contributed by atoms with E-state index in [-0.39, 0.29) is 23.5 Å². The Kier molecular flexibility index (Phi) is 3.24. The first-order chi connectivity index (χ1) is 7.10. The van der Waals surface area contributed by atoms with Crippen LogP contribution in [-0.4, -0.2) is 17.7 Å². The fourth-order valence-corrected chi connectivity index (χ4v) is 1.09. The van der Waals surface area contributed by atoms with Gasteiger partial charge in [0.05, 0.1) is 17.7 Å². The summed E-state index contributed by atoms with van der Waals surface area (Å²) in [4.78, 5) is 10.6. The molecule has 0 fully saturated rings. The van der Waals surface area contributed by atoms with Gasteiger partial charge in [0.15, 0.2) is 11.6 Å². The minimum Gasteiger partial charge on any atom is -0.491 e. The minimum absolute atomic E-state index is 0.112. The van der Waals surface area contributed by atoms with Gasteiger partial charge < -0.3 is 9.84 Å². The molecule has 0 unspecified atom stereocenters. The van der Waals surface area contributed by atoms with Crippen LogP contribution in [0.25, 0.3) is 0 Å². The smallest absolute Gasteiger partial charge is 0.337 e. The van der Waals surface area contributed by atoms with E-state index >= 15 is 0 Å². The summed E-state index contributed by atoms with van der Waals surface area (Å²) < 4.78 is 18.1. The van der Waals surface area contributed by atoms with E-state index in [1.807, 2.05) is 0 Å². The maximum Gasteiger partial charge on any atom is 0.337 e. The Hall–Kier alpha value is -2.09. The third kappa shape index (κ3) is 2.23. The van der Waals surface area contributed by atoms with Crippen molar-refractivity contribution in [1.82, 2.24) is 0 Å². The van der Waals surface area contributed by atoms with E-state index in [0.29, 0.717) is 0 Å². The van der Waals surface area contributed by atoms with Gasteiger partial charge >= 0.3 is 5.97 Å². The van der Waals surface area contributed by atoms with Gasteiger partial charge in [0.2, 0.25) is 0 Å². The van der Waals surface area contributed by atoms with Gasteiger partial charge in [-0.1, -0.05) is 0 Å². The van der Waals surface area contributed by atoms with E-state index in [1.165, 1.54) is 0 Å². The number of hydrogen-bond acceptors (Lipinski definition) is 3. The minimum atomic E-state index is -1.34. The molecule has 1 aromatic carbocycles. The molecule has 1 aromatic rings. The zero-order chi connectivity index (χ0) is 11.4. The Labute approximate surface area is 85.5 Å². The normalized spacial score (nSPS) is 9.40. The molecule has 0 radical (unpaired) electrons. The van der Waals surface area contributed by atoms with Crippen LogP contribution >= 0.6 is 0 Å². The predicted molar refractivity (Wildman–Crippen MR) is 49.2 cm³/mol. The standard InChI is InChI=1S/C10H8FNO3/c1-2-15-9-3-6(5-12)7(10(13)14)4-8(9)11/h3-4H,2H2,1H3,(H,13,14). The van der Waals surface area contributed by atoms with Gasteiger partial charge in [-0.2, -0.15) is 5.26 Å². The summed E-state index contributed by atoms with van der Waals surface area (Å²) >= 11 is 0. The summed E-state index contributed by atoms with van der Waals surface area (Å²) in [5.74, 6) is -2.24. The van der Waals surface area contributed by atoms with Gasteiger partial charge in [-0.25, -0.2) is 9.18 Å². The summed E-state index contributed by atoms with van der Waals surface area (Å²) in [5.41, 5.74) is -0.481. The number of nitriles is 1. The number of rotatable bonds is 3. The Morgan fingerprint density at radius 1 is 1.67 bits per heavy atom. The van der Waals surface area contributed by atoms with Crippen molar-refractivity contribution in [1.29, 1.82) is 5.26 Å². The molecular formula is C10H8FNO3.